The van der Waals surface area contributed by atoms with Crippen molar-refractivity contribution in [2.24, 2.45) is 0 Å². The summed E-state index contributed by atoms with van der Waals surface area (Å²) in [4.78, 5) is 11.9. The number of carbonyl (C=O) groups excluding carboxylic acids is 1. The second-order valence-electron chi connectivity index (χ2n) is 5.42. The molecule has 0 aromatic heterocycles. The zero-order valence-corrected chi connectivity index (χ0v) is 14.9. The highest BCUT2D eigenvalue weighted by molar-refractivity contribution is 9.10. The number of halogens is 4. The maximum atomic E-state index is 12.2. The smallest absolute Gasteiger partial charge is 0.422 e. The van der Waals surface area contributed by atoms with E-state index in [1.807, 2.05) is 24.3 Å². The minimum absolute atomic E-state index is 0.122. The lowest BCUT2D eigenvalue weighted by atomic mass is 10.1. The highest BCUT2D eigenvalue weighted by atomic mass is 79.9. The molecule has 0 spiro atoms. The van der Waals surface area contributed by atoms with E-state index < -0.39 is 12.8 Å². The van der Waals surface area contributed by atoms with Gasteiger partial charge in [0.1, 0.15) is 5.75 Å². The molecule has 2 rings (SSSR count). The van der Waals surface area contributed by atoms with Gasteiger partial charge in [-0.1, -0.05) is 46.3 Å². The van der Waals surface area contributed by atoms with Gasteiger partial charge in [0.15, 0.2) is 6.61 Å². The fourth-order valence-corrected chi connectivity index (χ4v) is 2.63. The SMILES string of the molecule is O=C(CCc1ccccc1Br)NCc1cccc(OCC(F)(F)F)c1. The van der Waals surface area contributed by atoms with Crippen molar-refractivity contribution in [3.05, 3.63) is 64.1 Å². The third-order valence-corrected chi connectivity index (χ3v) is 4.14. The van der Waals surface area contributed by atoms with Crippen LogP contribution >= 0.6 is 15.9 Å². The highest BCUT2D eigenvalue weighted by Gasteiger charge is 2.28. The molecule has 25 heavy (non-hydrogen) atoms. The predicted octanol–water partition coefficient (Wildman–Crippen LogP) is 4.64. The van der Waals surface area contributed by atoms with Crippen LogP contribution in [0.2, 0.25) is 0 Å². The number of ether oxygens (including phenoxy) is 1. The highest BCUT2D eigenvalue weighted by Crippen LogP contribution is 2.20. The van der Waals surface area contributed by atoms with E-state index in [0.717, 1.165) is 10.0 Å². The van der Waals surface area contributed by atoms with Gasteiger partial charge in [-0.3, -0.25) is 4.79 Å². The van der Waals surface area contributed by atoms with Crippen LogP contribution in [0.5, 0.6) is 5.75 Å². The van der Waals surface area contributed by atoms with E-state index in [0.29, 0.717) is 18.4 Å². The van der Waals surface area contributed by atoms with E-state index in [1.165, 1.54) is 12.1 Å². The minimum Gasteiger partial charge on any atom is -0.484 e. The number of hydrogen-bond donors (Lipinski definition) is 1. The molecule has 0 saturated heterocycles. The van der Waals surface area contributed by atoms with Crippen molar-refractivity contribution in [3.63, 3.8) is 0 Å². The quantitative estimate of drug-likeness (QED) is 0.715. The first-order valence-corrected chi connectivity index (χ1v) is 8.41. The van der Waals surface area contributed by atoms with Gasteiger partial charge in [-0.05, 0) is 35.7 Å². The van der Waals surface area contributed by atoms with Crippen LogP contribution in [0, 0.1) is 0 Å². The second kappa shape index (κ2) is 8.89. The molecule has 0 aliphatic rings. The number of alkyl halides is 3. The van der Waals surface area contributed by atoms with Crippen LogP contribution in [-0.4, -0.2) is 18.7 Å². The lowest BCUT2D eigenvalue weighted by molar-refractivity contribution is -0.153. The lowest BCUT2D eigenvalue weighted by Crippen LogP contribution is -2.23. The van der Waals surface area contributed by atoms with Crippen molar-refractivity contribution in [2.45, 2.75) is 25.6 Å². The Labute approximate surface area is 152 Å². The molecule has 0 heterocycles. The number of rotatable bonds is 7. The molecule has 0 fully saturated rings. The Hall–Kier alpha value is -2.02. The van der Waals surface area contributed by atoms with Gasteiger partial charge in [-0.2, -0.15) is 13.2 Å². The Morgan fingerprint density at radius 3 is 2.60 bits per heavy atom. The minimum atomic E-state index is -4.38. The van der Waals surface area contributed by atoms with Crippen LogP contribution < -0.4 is 10.1 Å². The van der Waals surface area contributed by atoms with Gasteiger partial charge in [0.25, 0.3) is 0 Å². The lowest BCUT2D eigenvalue weighted by Gasteiger charge is -2.11. The number of hydrogen-bond acceptors (Lipinski definition) is 2. The summed E-state index contributed by atoms with van der Waals surface area (Å²) in [5.74, 6) is -0.00495. The molecule has 0 saturated carbocycles. The van der Waals surface area contributed by atoms with E-state index in [4.69, 9.17) is 4.74 Å². The van der Waals surface area contributed by atoms with Gasteiger partial charge in [0, 0.05) is 17.4 Å². The summed E-state index contributed by atoms with van der Waals surface area (Å²) < 4.78 is 42.1. The predicted molar refractivity (Wildman–Crippen MR) is 92.3 cm³/mol. The van der Waals surface area contributed by atoms with E-state index >= 15 is 0 Å². The van der Waals surface area contributed by atoms with E-state index in [9.17, 15) is 18.0 Å². The maximum absolute atomic E-state index is 12.2. The topological polar surface area (TPSA) is 38.3 Å². The summed E-state index contributed by atoms with van der Waals surface area (Å²) in [5, 5.41) is 2.76. The van der Waals surface area contributed by atoms with E-state index in [1.54, 1.807) is 12.1 Å². The molecule has 0 bridgehead atoms. The van der Waals surface area contributed by atoms with E-state index in [-0.39, 0.29) is 18.2 Å². The standard InChI is InChI=1S/C18H17BrF3NO2/c19-16-7-2-1-5-14(16)8-9-17(24)23-11-13-4-3-6-15(10-13)25-12-18(20,21)22/h1-7,10H,8-9,11-12H2,(H,23,24). The van der Waals surface area contributed by atoms with Crippen LogP contribution in [0.25, 0.3) is 0 Å². The number of benzene rings is 2. The van der Waals surface area contributed by atoms with Crippen molar-refractivity contribution in [3.8, 4) is 5.75 Å². The van der Waals surface area contributed by atoms with Crippen LogP contribution in [0.1, 0.15) is 17.5 Å². The molecule has 3 nitrogen and oxygen atoms in total. The summed E-state index contributed by atoms with van der Waals surface area (Å²) in [6, 6.07) is 13.9. The molecular formula is C18H17BrF3NO2. The fourth-order valence-electron chi connectivity index (χ4n) is 2.15. The Morgan fingerprint density at radius 2 is 1.88 bits per heavy atom. The molecule has 1 N–H and O–H groups in total. The third-order valence-electron chi connectivity index (χ3n) is 3.37. The molecule has 0 aliphatic heterocycles. The first-order chi connectivity index (χ1) is 11.8. The van der Waals surface area contributed by atoms with Crippen LogP contribution in [0.3, 0.4) is 0 Å². The van der Waals surface area contributed by atoms with Crippen LogP contribution in [0.15, 0.2) is 53.0 Å². The van der Waals surface area contributed by atoms with Crippen LogP contribution in [-0.2, 0) is 17.8 Å². The van der Waals surface area contributed by atoms with E-state index in [2.05, 4.69) is 21.2 Å². The summed E-state index contributed by atoms with van der Waals surface area (Å²) in [6.45, 7) is -1.10. The largest absolute Gasteiger partial charge is 0.484 e. The molecule has 0 unspecified atom stereocenters. The van der Waals surface area contributed by atoms with Crippen molar-refractivity contribution >= 4 is 21.8 Å². The van der Waals surface area contributed by atoms with Gasteiger partial charge in [-0.15, -0.1) is 0 Å². The van der Waals surface area contributed by atoms with Gasteiger partial charge in [0.2, 0.25) is 5.91 Å². The Bertz CT molecular complexity index is 719. The zero-order chi connectivity index (χ0) is 18.3. The normalized spacial score (nSPS) is 11.2. The number of nitrogens with one attached hydrogen (secondary N) is 1. The van der Waals surface area contributed by atoms with Crippen LogP contribution in [0.4, 0.5) is 13.2 Å². The summed E-state index contributed by atoms with van der Waals surface area (Å²) in [5.41, 5.74) is 1.72. The Balaban J connectivity index is 1.80. The molecule has 2 aromatic rings. The zero-order valence-electron chi connectivity index (χ0n) is 13.3. The molecule has 2 aromatic carbocycles. The average molecular weight is 416 g/mol. The molecule has 0 aliphatic carbocycles. The molecule has 7 heteroatoms. The van der Waals surface area contributed by atoms with Crippen molar-refractivity contribution in [2.75, 3.05) is 6.61 Å². The summed E-state index contributed by atoms with van der Waals surface area (Å²) in [6.07, 6.45) is -3.45. The van der Waals surface area contributed by atoms with Crippen molar-refractivity contribution in [1.29, 1.82) is 0 Å². The first kappa shape index (κ1) is 19.3. The number of amides is 1. The maximum Gasteiger partial charge on any atom is 0.422 e. The number of carbonyl (C=O) groups is 1. The average Bonchev–Trinajstić information content (AvgIpc) is 2.57. The van der Waals surface area contributed by atoms with Gasteiger partial charge >= 0.3 is 6.18 Å². The second-order valence-corrected chi connectivity index (χ2v) is 6.27. The molecule has 0 atom stereocenters. The molecule has 1 amide bonds. The van der Waals surface area contributed by atoms with Gasteiger partial charge in [0.05, 0.1) is 0 Å². The number of aryl methyl sites for hydroxylation is 1. The monoisotopic (exact) mass is 415 g/mol. The third kappa shape index (κ3) is 7.17. The van der Waals surface area contributed by atoms with Crippen molar-refractivity contribution < 1.29 is 22.7 Å². The molecule has 0 radical (unpaired) electrons. The summed E-state index contributed by atoms with van der Waals surface area (Å²) >= 11 is 3.43. The fraction of sp³-hybridized carbons (Fsp3) is 0.278. The van der Waals surface area contributed by atoms with Crippen molar-refractivity contribution in [1.82, 2.24) is 5.32 Å². The first-order valence-electron chi connectivity index (χ1n) is 7.62. The Kier molecular flexibility index (Phi) is 6.87. The molecule has 134 valence electrons. The molecular weight excluding hydrogens is 399 g/mol. The van der Waals surface area contributed by atoms with Gasteiger partial charge in [-0.25, -0.2) is 0 Å². The summed E-state index contributed by atoms with van der Waals surface area (Å²) in [7, 11) is 0. The van der Waals surface area contributed by atoms with Gasteiger partial charge < -0.3 is 10.1 Å². The Morgan fingerprint density at radius 1 is 1.12 bits per heavy atom.